The molecule has 1 saturated heterocycles. The first-order valence-electron chi connectivity index (χ1n) is 18.6. The van der Waals surface area contributed by atoms with Crippen molar-refractivity contribution in [3.05, 3.63) is 60.0 Å². The minimum absolute atomic E-state index is 0.0690. The Kier molecular flexibility index (Phi) is 14.2. The molecule has 2 N–H and O–H groups in total. The molecule has 52 heavy (non-hydrogen) atoms. The molecule has 0 amide bonds. The number of fused-ring (bicyclic) bond motifs is 2. The van der Waals surface area contributed by atoms with Crippen LogP contribution in [0.4, 0.5) is 5.69 Å². The third kappa shape index (κ3) is 8.83. The summed E-state index contributed by atoms with van der Waals surface area (Å²) in [5.74, 6) is -0.498. The highest BCUT2D eigenvalue weighted by Crippen LogP contribution is 2.45. The maximum atomic E-state index is 14.4. The summed E-state index contributed by atoms with van der Waals surface area (Å²) in [7, 11) is -4.27. The number of carboxylic acids is 1. The number of anilines is 1. The van der Waals surface area contributed by atoms with Crippen molar-refractivity contribution < 1.29 is 37.4 Å². The Hall–Kier alpha value is -3.46. The van der Waals surface area contributed by atoms with Crippen LogP contribution in [0.5, 0.6) is 0 Å². The Bertz CT molecular complexity index is 1970. The summed E-state index contributed by atoms with van der Waals surface area (Å²) in [6.07, 6.45) is 7.33. The highest BCUT2D eigenvalue weighted by molar-refractivity contribution is 7.94. The van der Waals surface area contributed by atoms with Crippen LogP contribution in [0.15, 0.2) is 68.8 Å². The maximum Gasteiger partial charge on any atom is 0.322 e. The van der Waals surface area contributed by atoms with Crippen LogP contribution in [-0.2, 0) is 24.2 Å². The van der Waals surface area contributed by atoms with Gasteiger partial charge in [0.1, 0.15) is 30.5 Å². The van der Waals surface area contributed by atoms with Gasteiger partial charge < -0.3 is 14.4 Å². The molecule has 0 spiro atoms. The standard InChI is InChI=1S/C39H51N3O8S2/c1-5-40(6-2)28-18-21-31-35(25-28)48-36-26-29(41(7-3)8-4)19-22-32(36)38(31)33-23-20-30(27-37(33)51-50-49-45)52(46,47)42-24-16-14-12-10-9-11-13-15-17-34(42)39(43)44/h18-23,25-27,34H,5-17,24H2,1-4H3,(H-,43,44,45)/p+1. The SMILES string of the molecule is CCN(CC)c1ccc2c(-c3ccc(S(=O)(=O)N4CCCCCCCCCCC4C(=O)O)cc3SOOO)c3ccc(=[N+](CC)CC)cc-3oc2c1. The van der Waals surface area contributed by atoms with Crippen LogP contribution in [-0.4, -0.2) is 67.8 Å². The summed E-state index contributed by atoms with van der Waals surface area (Å²) in [5, 5.41) is 25.3. The molecule has 1 aliphatic carbocycles. The van der Waals surface area contributed by atoms with E-state index in [0.29, 0.717) is 46.7 Å². The smallest absolute Gasteiger partial charge is 0.322 e. The summed E-state index contributed by atoms with van der Waals surface area (Å²) in [6.45, 7) is 11.8. The Balaban J connectivity index is 1.72. The first-order valence-corrected chi connectivity index (χ1v) is 20.7. The number of carbonyl (C=O) groups is 1. The fourth-order valence-electron chi connectivity index (χ4n) is 7.35. The molecule has 3 aliphatic rings. The third-order valence-corrected chi connectivity index (χ3v) is 12.7. The predicted molar refractivity (Wildman–Crippen MR) is 206 cm³/mol. The molecule has 2 heterocycles. The van der Waals surface area contributed by atoms with Crippen LogP contribution in [0.25, 0.3) is 33.4 Å². The minimum Gasteiger partial charge on any atom is -0.480 e. The van der Waals surface area contributed by atoms with Gasteiger partial charge in [-0.15, -0.1) is 4.33 Å². The fourth-order valence-corrected chi connectivity index (χ4v) is 9.65. The van der Waals surface area contributed by atoms with E-state index in [-0.39, 0.29) is 17.9 Å². The molecular formula is C39H52N3O8S2+. The van der Waals surface area contributed by atoms with Gasteiger partial charge in [-0.05, 0) is 76.4 Å². The molecule has 0 aromatic heterocycles. The lowest BCUT2D eigenvalue weighted by Crippen LogP contribution is -2.45. The molecule has 282 valence electrons. The molecule has 2 aromatic rings. The molecule has 2 aromatic carbocycles. The molecule has 2 aliphatic heterocycles. The molecule has 5 rings (SSSR count). The molecule has 0 bridgehead atoms. The van der Waals surface area contributed by atoms with Gasteiger partial charge in [-0.2, -0.15) is 4.31 Å². The van der Waals surface area contributed by atoms with Gasteiger partial charge in [-0.25, -0.2) is 18.3 Å². The lowest BCUT2D eigenvalue weighted by Gasteiger charge is -2.29. The van der Waals surface area contributed by atoms with Crippen LogP contribution < -0.4 is 14.8 Å². The second-order valence-corrected chi connectivity index (χ2v) is 15.8. The van der Waals surface area contributed by atoms with Crippen molar-refractivity contribution in [1.29, 1.82) is 0 Å². The number of sulfonamides is 1. The normalized spacial score (nSPS) is 16.8. The Labute approximate surface area is 311 Å². The Morgan fingerprint density at radius 2 is 1.58 bits per heavy atom. The van der Waals surface area contributed by atoms with Crippen LogP contribution in [0, 0.1) is 0 Å². The zero-order chi connectivity index (χ0) is 37.3. The molecule has 0 saturated carbocycles. The van der Waals surface area contributed by atoms with Crippen molar-refractivity contribution in [2.24, 2.45) is 0 Å². The zero-order valence-corrected chi connectivity index (χ0v) is 32.3. The average Bonchev–Trinajstić information content (AvgIpc) is 3.13. The van der Waals surface area contributed by atoms with Crippen molar-refractivity contribution in [2.45, 2.75) is 101 Å². The number of hydrogen-bond donors (Lipinski definition) is 2. The monoisotopic (exact) mass is 754 g/mol. The van der Waals surface area contributed by atoms with E-state index in [1.807, 2.05) is 36.4 Å². The summed E-state index contributed by atoms with van der Waals surface area (Å²) in [5.41, 5.74) is 3.88. The quantitative estimate of drug-likeness (QED) is 0.0479. The molecule has 11 nitrogen and oxygen atoms in total. The van der Waals surface area contributed by atoms with Crippen LogP contribution in [0.3, 0.4) is 0 Å². The van der Waals surface area contributed by atoms with E-state index < -0.39 is 22.0 Å². The summed E-state index contributed by atoms with van der Waals surface area (Å²) in [4.78, 5) is 15.1. The first kappa shape index (κ1) is 39.7. The van der Waals surface area contributed by atoms with Crippen molar-refractivity contribution in [3.8, 4) is 22.5 Å². The number of aliphatic carboxylic acids is 1. The first-order chi connectivity index (χ1) is 25.2. The molecule has 1 fully saturated rings. The number of benzene rings is 3. The molecule has 1 atom stereocenters. The van der Waals surface area contributed by atoms with Crippen molar-refractivity contribution >= 4 is 44.7 Å². The van der Waals surface area contributed by atoms with Gasteiger partial charge in [0.25, 0.3) is 0 Å². The lowest BCUT2D eigenvalue weighted by molar-refractivity contribution is -0.432. The third-order valence-electron chi connectivity index (χ3n) is 10.2. The van der Waals surface area contributed by atoms with E-state index in [1.165, 1.54) is 16.4 Å². The van der Waals surface area contributed by atoms with E-state index >= 15 is 0 Å². The van der Waals surface area contributed by atoms with E-state index in [9.17, 15) is 23.6 Å². The van der Waals surface area contributed by atoms with E-state index in [4.69, 9.17) is 8.75 Å². The maximum absolute atomic E-state index is 14.4. The number of hydrogen-bond acceptors (Lipinski definition) is 9. The van der Waals surface area contributed by atoms with Gasteiger partial charge in [-0.3, -0.25) is 4.79 Å². The fraction of sp³-hybridized carbons (Fsp3) is 0.487. The van der Waals surface area contributed by atoms with Gasteiger partial charge in [0, 0.05) is 58.9 Å². The highest BCUT2D eigenvalue weighted by Gasteiger charge is 2.36. The topological polar surface area (TPSA) is 133 Å². The molecule has 13 heteroatoms. The van der Waals surface area contributed by atoms with Crippen LogP contribution in [0.1, 0.15) is 85.5 Å². The van der Waals surface area contributed by atoms with E-state index in [1.54, 1.807) is 6.07 Å². The lowest BCUT2D eigenvalue weighted by atomic mass is 9.93. The van der Waals surface area contributed by atoms with Gasteiger partial charge in [0.05, 0.1) is 23.0 Å². The van der Waals surface area contributed by atoms with E-state index in [2.05, 4.69) is 42.2 Å². The highest BCUT2D eigenvalue weighted by atomic mass is 32.2. The number of nitrogens with zero attached hydrogens (tertiary/aromatic N) is 3. The average molecular weight is 755 g/mol. The molecule has 0 radical (unpaired) electrons. The van der Waals surface area contributed by atoms with Gasteiger partial charge in [-0.1, -0.05) is 56.1 Å². The zero-order valence-electron chi connectivity index (χ0n) is 30.7. The summed E-state index contributed by atoms with van der Waals surface area (Å²) < 4.78 is 43.9. The minimum atomic E-state index is -4.27. The van der Waals surface area contributed by atoms with Crippen LogP contribution in [0.2, 0.25) is 0 Å². The van der Waals surface area contributed by atoms with Gasteiger partial charge >= 0.3 is 5.97 Å². The van der Waals surface area contributed by atoms with Crippen molar-refractivity contribution in [3.63, 3.8) is 0 Å². The summed E-state index contributed by atoms with van der Waals surface area (Å²) in [6, 6.07) is 15.7. The van der Waals surface area contributed by atoms with Gasteiger partial charge in [0.2, 0.25) is 15.4 Å². The Morgan fingerprint density at radius 1 is 0.904 bits per heavy atom. The Morgan fingerprint density at radius 3 is 2.23 bits per heavy atom. The number of rotatable bonds is 12. The molecule has 1 unspecified atom stereocenters. The largest absolute Gasteiger partial charge is 0.480 e. The summed E-state index contributed by atoms with van der Waals surface area (Å²) >= 11 is 0.674. The number of carboxylic acid groups (broad SMARTS) is 1. The molecular weight excluding hydrogens is 703 g/mol. The van der Waals surface area contributed by atoms with E-state index in [0.717, 1.165) is 92.3 Å². The second-order valence-electron chi connectivity index (χ2n) is 13.2. The van der Waals surface area contributed by atoms with Crippen molar-refractivity contribution in [2.75, 3.05) is 37.6 Å². The second kappa shape index (κ2) is 18.5. The predicted octanol–water partition coefficient (Wildman–Crippen LogP) is 8.26. The van der Waals surface area contributed by atoms with Crippen LogP contribution >= 0.6 is 12.0 Å². The van der Waals surface area contributed by atoms with Crippen molar-refractivity contribution in [1.82, 2.24) is 8.88 Å². The van der Waals surface area contributed by atoms with Gasteiger partial charge in [0.15, 0.2) is 0 Å².